The molecule has 1 aromatic heterocycles. The molecule has 1 amide bonds. The Morgan fingerprint density at radius 1 is 1.18 bits per heavy atom. The van der Waals surface area contributed by atoms with Gasteiger partial charge in [-0.1, -0.05) is 55.5 Å². The van der Waals surface area contributed by atoms with E-state index in [9.17, 15) is 9.90 Å². The number of thiazole rings is 1. The zero-order valence-corrected chi connectivity index (χ0v) is 27.4. The summed E-state index contributed by atoms with van der Waals surface area (Å²) in [7, 11) is 0. The monoisotopic (exact) mass is 650 g/mol. The van der Waals surface area contributed by atoms with Crippen molar-refractivity contribution in [1.82, 2.24) is 14.6 Å². The normalized spacial score (nSPS) is 30.8. The van der Waals surface area contributed by atoms with Crippen molar-refractivity contribution in [2.45, 2.75) is 99.6 Å². The quantitative estimate of drug-likeness (QED) is 0.197. The van der Waals surface area contributed by atoms with E-state index in [1.165, 1.54) is 12.8 Å². The van der Waals surface area contributed by atoms with E-state index < -0.39 is 18.2 Å². The maximum atomic E-state index is 13.5. The smallest absolute Gasteiger partial charge is 0.407 e. The van der Waals surface area contributed by atoms with Crippen LogP contribution in [0.25, 0.3) is 10.2 Å². The van der Waals surface area contributed by atoms with Gasteiger partial charge < -0.3 is 30.0 Å². The molecule has 2 aromatic carbocycles. The number of amides is 1. The van der Waals surface area contributed by atoms with Gasteiger partial charge in [-0.05, 0) is 80.2 Å². The van der Waals surface area contributed by atoms with Crippen molar-refractivity contribution in [1.29, 1.82) is 0 Å². The molecule has 45 heavy (non-hydrogen) atoms. The Balaban J connectivity index is 0.959. The average molecular weight is 651 g/mol. The van der Waals surface area contributed by atoms with Crippen LogP contribution in [0.2, 0.25) is 0 Å². The zero-order valence-electron chi connectivity index (χ0n) is 25.8. The number of anilines is 1. The molecule has 3 saturated carbocycles. The Morgan fingerprint density at radius 2 is 2.02 bits per heavy atom. The summed E-state index contributed by atoms with van der Waals surface area (Å²) >= 11 is 3.34. The molecule has 240 valence electrons. The van der Waals surface area contributed by atoms with E-state index in [0.29, 0.717) is 30.8 Å². The highest BCUT2D eigenvalue weighted by molar-refractivity contribution is 7.97. The molecule has 8 atom stereocenters. The standard InChI is InChI=1S/C34H42N4O5S2/c1-19(2)17-38(45-22-10-11-25-29(15-22)44-32(36-25)35-21-8-9-21)18-27(39)26(14-20-6-4-3-5-7-20)37-33(40)42-30-23-12-13-34(23)24-16-28(30)41-31(24)43-34/h3-7,10-11,15,19,21,23-24,26-28,30-31,39H,8-9,12-14,16-18H2,1-2H3,(H,35,36)(H,37,40)/t23?,24?,26-,27+,28?,30?,31?,34?/m0/s1. The Kier molecular flexibility index (Phi) is 7.98. The lowest BCUT2D eigenvalue weighted by Gasteiger charge is -2.63. The van der Waals surface area contributed by atoms with Crippen molar-refractivity contribution in [2.75, 3.05) is 18.4 Å². The second-order valence-corrected chi connectivity index (χ2v) is 16.1. The summed E-state index contributed by atoms with van der Waals surface area (Å²) in [5, 5.41) is 19.3. The first-order valence-corrected chi connectivity index (χ1v) is 18.0. The maximum absolute atomic E-state index is 13.5. The minimum atomic E-state index is -0.824. The molecule has 3 aromatic rings. The van der Waals surface area contributed by atoms with Crippen LogP contribution in [-0.2, 0) is 20.6 Å². The maximum Gasteiger partial charge on any atom is 0.407 e. The Bertz CT molecular complexity index is 1540. The third-order valence-corrected chi connectivity index (χ3v) is 12.1. The second-order valence-electron chi connectivity index (χ2n) is 13.9. The molecule has 0 radical (unpaired) electrons. The van der Waals surface area contributed by atoms with Crippen molar-refractivity contribution < 1.29 is 24.1 Å². The van der Waals surface area contributed by atoms with Crippen LogP contribution in [0.4, 0.5) is 9.93 Å². The highest BCUT2D eigenvalue weighted by atomic mass is 32.2. The lowest BCUT2D eigenvalue weighted by atomic mass is 9.53. The van der Waals surface area contributed by atoms with E-state index in [4.69, 9.17) is 19.2 Å². The number of nitrogens with one attached hydrogen (secondary N) is 2. The Hall–Kier alpha value is -2.41. The summed E-state index contributed by atoms with van der Waals surface area (Å²) < 4.78 is 21.7. The minimum absolute atomic E-state index is 0.112. The number of carbonyl (C=O) groups excluding carboxylic acids is 1. The lowest BCUT2D eigenvalue weighted by Crippen LogP contribution is -2.71. The van der Waals surface area contributed by atoms with Crippen LogP contribution in [0, 0.1) is 17.8 Å². The molecule has 8 rings (SSSR count). The van der Waals surface area contributed by atoms with Gasteiger partial charge in [-0.3, -0.25) is 0 Å². The van der Waals surface area contributed by atoms with E-state index in [0.717, 1.165) is 51.6 Å². The number of alkyl carbamates (subject to hydrolysis) is 1. The van der Waals surface area contributed by atoms with Crippen LogP contribution in [0.5, 0.6) is 0 Å². The van der Waals surface area contributed by atoms with E-state index >= 15 is 0 Å². The van der Waals surface area contributed by atoms with Crippen molar-refractivity contribution in [3.05, 3.63) is 54.1 Å². The van der Waals surface area contributed by atoms with Crippen LogP contribution in [0.15, 0.2) is 53.4 Å². The Labute approximate surface area is 272 Å². The Morgan fingerprint density at radius 3 is 2.78 bits per heavy atom. The number of aliphatic hydroxyl groups is 1. The predicted molar refractivity (Wildman–Crippen MR) is 175 cm³/mol. The molecule has 1 spiro atoms. The number of benzene rings is 2. The van der Waals surface area contributed by atoms with Crippen LogP contribution in [-0.4, -0.2) is 75.9 Å². The predicted octanol–water partition coefficient (Wildman–Crippen LogP) is 5.83. The van der Waals surface area contributed by atoms with E-state index in [1.807, 2.05) is 30.3 Å². The fourth-order valence-electron chi connectivity index (χ4n) is 7.66. The van der Waals surface area contributed by atoms with Gasteiger partial charge in [0.1, 0.15) is 6.10 Å². The van der Waals surface area contributed by atoms with Crippen molar-refractivity contribution in [3.8, 4) is 0 Å². The molecule has 5 aliphatic rings. The SMILES string of the molecule is CC(C)CN(C[C@@H](O)[C@H](Cc1ccccc1)NC(=O)OC1C2CC3C(O2)OC32CCC12)Sc1ccc2nc(NC3CC3)sc2c1. The first-order chi connectivity index (χ1) is 21.8. The molecule has 2 saturated heterocycles. The molecule has 3 N–H and O–H groups in total. The largest absolute Gasteiger partial charge is 0.443 e. The van der Waals surface area contributed by atoms with Gasteiger partial charge in [0.05, 0.1) is 34.1 Å². The summed E-state index contributed by atoms with van der Waals surface area (Å²) in [6, 6.07) is 16.4. The first-order valence-electron chi connectivity index (χ1n) is 16.5. The van der Waals surface area contributed by atoms with Gasteiger partial charge in [-0.15, -0.1) is 0 Å². The van der Waals surface area contributed by atoms with Crippen molar-refractivity contribution >= 4 is 44.7 Å². The number of nitrogens with zero attached hydrogens (tertiary/aromatic N) is 2. The third-order valence-electron chi connectivity index (χ3n) is 10.1. The van der Waals surface area contributed by atoms with Gasteiger partial charge in [-0.2, -0.15) is 0 Å². The topological polar surface area (TPSA) is 105 Å². The molecule has 3 aliphatic carbocycles. The number of hydrogen-bond acceptors (Lipinski definition) is 10. The van der Waals surface area contributed by atoms with Crippen LogP contribution in [0.3, 0.4) is 0 Å². The third kappa shape index (κ3) is 5.96. The number of carbonyl (C=O) groups is 1. The number of hydrogen-bond donors (Lipinski definition) is 3. The molecule has 3 heterocycles. The van der Waals surface area contributed by atoms with Crippen molar-refractivity contribution in [3.63, 3.8) is 0 Å². The molecule has 11 heteroatoms. The van der Waals surface area contributed by atoms with Gasteiger partial charge in [0, 0.05) is 35.9 Å². The second kappa shape index (κ2) is 12.0. The summed E-state index contributed by atoms with van der Waals surface area (Å²) in [6.07, 6.45) is 3.94. The molecule has 6 unspecified atom stereocenters. The van der Waals surface area contributed by atoms with Crippen LogP contribution in [0.1, 0.15) is 51.5 Å². The molecule has 2 aliphatic heterocycles. The van der Waals surface area contributed by atoms with E-state index in [1.54, 1.807) is 23.3 Å². The highest BCUT2D eigenvalue weighted by Gasteiger charge is 2.75. The molecular formula is C34H42N4O5S2. The number of fused-ring (bicyclic) bond motifs is 2. The fourth-order valence-corrected chi connectivity index (χ4v) is 9.91. The lowest BCUT2D eigenvalue weighted by molar-refractivity contribution is -0.360. The number of rotatable bonds is 13. The summed E-state index contributed by atoms with van der Waals surface area (Å²) in [6.45, 7) is 5.53. The number of aromatic nitrogens is 1. The van der Waals surface area contributed by atoms with Gasteiger partial charge in [0.25, 0.3) is 0 Å². The molecule has 9 nitrogen and oxygen atoms in total. The van der Waals surface area contributed by atoms with E-state index in [2.05, 4.69) is 47.0 Å². The van der Waals surface area contributed by atoms with Gasteiger partial charge in [0.2, 0.25) is 0 Å². The van der Waals surface area contributed by atoms with Crippen LogP contribution < -0.4 is 10.6 Å². The number of ether oxygens (including phenoxy) is 3. The highest BCUT2D eigenvalue weighted by Crippen LogP contribution is 2.66. The first kappa shape index (κ1) is 30.0. The van der Waals surface area contributed by atoms with Gasteiger partial charge >= 0.3 is 6.09 Å². The molecule has 5 fully saturated rings. The summed E-state index contributed by atoms with van der Waals surface area (Å²) in [4.78, 5) is 19.3. The zero-order chi connectivity index (χ0) is 30.7. The molecular weight excluding hydrogens is 609 g/mol. The van der Waals surface area contributed by atoms with Gasteiger partial charge in [0.15, 0.2) is 11.4 Å². The summed E-state index contributed by atoms with van der Waals surface area (Å²) in [5.74, 6) is 1.03. The minimum Gasteiger partial charge on any atom is -0.443 e. The fraction of sp³-hybridized carbons (Fsp3) is 0.588. The summed E-state index contributed by atoms with van der Waals surface area (Å²) in [5.41, 5.74) is 1.89. The van der Waals surface area contributed by atoms with Crippen molar-refractivity contribution in [2.24, 2.45) is 17.8 Å². The van der Waals surface area contributed by atoms with Crippen LogP contribution >= 0.6 is 23.3 Å². The van der Waals surface area contributed by atoms with E-state index in [-0.39, 0.29) is 30.0 Å². The van der Waals surface area contributed by atoms with Gasteiger partial charge in [-0.25, -0.2) is 14.1 Å². The average Bonchev–Trinajstić information content (AvgIpc) is 3.63. The number of aliphatic hydroxyl groups excluding tert-OH is 1. The molecule has 2 bridgehead atoms.